The molecule has 1 amide bonds. The maximum Gasteiger partial charge on any atom is 0.295 e. The van der Waals surface area contributed by atoms with Crippen LogP contribution in [0.3, 0.4) is 0 Å². The first-order chi connectivity index (χ1) is 14.4. The second kappa shape index (κ2) is 8.08. The van der Waals surface area contributed by atoms with Crippen molar-refractivity contribution in [3.8, 4) is 17.1 Å². The Morgan fingerprint density at radius 2 is 1.77 bits per heavy atom. The second-order valence-corrected chi connectivity index (χ2v) is 7.35. The molecule has 0 fully saturated rings. The molecule has 1 heterocycles. The summed E-state index contributed by atoms with van der Waals surface area (Å²) in [6.45, 7) is 4.02. The van der Waals surface area contributed by atoms with E-state index in [0.29, 0.717) is 22.1 Å². The molecule has 30 heavy (non-hydrogen) atoms. The highest BCUT2D eigenvalue weighted by atomic mass is 35.5. The summed E-state index contributed by atoms with van der Waals surface area (Å²) in [5.74, 6) is -0.389. The lowest BCUT2D eigenvalue weighted by Crippen LogP contribution is -2.14. The molecule has 4 aromatic rings. The standard InChI is InChI=1S/C23H18ClFN4O/c1-14-6-11-20(12-15(14)2)29-22(16-7-9-18(25)10-8-16)27-21(28-29)23(30)26-19-5-3-4-17(24)13-19/h3-13H,1-2H3,(H,26,30). The highest BCUT2D eigenvalue weighted by molar-refractivity contribution is 6.30. The van der Waals surface area contributed by atoms with Gasteiger partial charge < -0.3 is 5.32 Å². The highest BCUT2D eigenvalue weighted by Gasteiger charge is 2.19. The van der Waals surface area contributed by atoms with Gasteiger partial charge in [-0.05, 0) is 79.6 Å². The molecule has 7 heteroatoms. The van der Waals surface area contributed by atoms with E-state index in [1.807, 2.05) is 32.0 Å². The zero-order valence-corrected chi connectivity index (χ0v) is 17.1. The van der Waals surface area contributed by atoms with Gasteiger partial charge in [0.15, 0.2) is 5.82 Å². The van der Waals surface area contributed by atoms with Gasteiger partial charge in [0.25, 0.3) is 5.91 Å². The van der Waals surface area contributed by atoms with Crippen molar-refractivity contribution in [2.75, 3.05) is 5.32 Å². The van der Waals surface area contributed by atoms with Crippen molar-refractivity contribution in [1.82, 2.24) is 14.8 Å². The molecule has 0 aliphatic rings. The zero-order valence-electron chi connectivity index (χ0n) is 16.4. The highest BCUT2D eigenvalue weighted by Crippen LogP contribution is 2.24. The number of aryl methyl sites for hydroxylation is 2. The van der Waals surface area contributed by atoms with E-state index < -0.39 is 5.91 Å². The number of amides is 1. The average molecular weight is 421 g/mol. The molecule has 0 aliphatic carbocycles. The lowest BCUT2D eigenvalue weighted by Gasteiger charge is -2.08. The number of carbonyl (C=O) groups is 1. The van der Waals surface area contributed by atoms with Crippen LogP contribution in [0.2, 0.25) is 5.02 Å². The zero-order chi connectivity index (χ0) is 21.3. The number of aromatic nitrogens is 3. The number of halogens is 2. The first kappa shape index (κ1) is 19.8. The Labute approximate surface area is 178 Å². The van der Waals surface area contributed by atoms with Gasteiger partial charge in [0, 0.05) is 16.3 Å². The fraction of sp³-hybridized carbons (Fsp3) is 0.0870. The summed E-state index contributed by atoms with van der Waals surface area (Å²) in [6, 6.07) is 18.6. The minimum atomic E-state index is -0.469. The molecule has 3 aromatic carbocycles. The lowest BCUT2D eigenvalue weighted by molar-refractivity contribution is 0.101. The van der Waals surface area contributed by atoms with Gasteiger partial charge in [0.2, 0.25) is 5.82 Å². The normalized spacial score (nSPS) is 10.8. The summed E-state index contributed by atoms with van der Waals surface area (Å²) < 4.78 is 15.0. The summed E-state index contributed by atoms with van der Waals surface area (Å²) in [5, 5.41) is 7.69. The number of carbonyl (C=O) groups excluding carboxylic acids is 1. The van der Waals surface area contributed by atoms with Crippen LogP contribution in [0.15, 0.2) is 66.7 Å². The van der Waals surface area contributed by atoms with Gasteiger partial charge in [-0.2, -0.15) is 0 Å². The molecular weight excluding hydrogens is 403 g/mol. The van der Waals surface area contributed by atoms with Crippen LogP contribution >= 0.6 is 11.6 Å². The maximum atomic E-state index is 13.4. The van der Waals surface area contributed by atoms with Crippen molar-refractivity contribution in [2.24, 2.45) is 0 Å². The molecule has 4 rings (SSSR count). The summed E-state index contributed by atoms with van der Waals surface area (Å²) >= 11 is 5.99. The van der Waals surface area contributed by atoms with Crippen LogP contribution in [0.5, 0.6) is 0 Å². The molecule has 0 radical (unpaired) electrons. The van der Waals surface area contributed by atoms with Crippen LogP contribution in [-0.2, 0) is 0 Å². The molecule has 1 N–H and O–H groups in total. The Morgan fingerprint density at radius 3 is 2.47 bits per heavy atom. The fourth-order valence-electron chi connectivity index (χ4n) is 2.98. The number of hydrogen-bond donors (Lipinski definition) is 1. The van der Waals surface area contributed by atoms with Gasteiger partial charge in [0.1, 0.15) is 5.82 Å². The molecule has 150 valence electrons. The summed E-state index contributed by atoms with van der Waals surface area (Å²) in [5.41, 5.74) is 4.16. The van der Waals surface area contributed by atoms with E-state index in [1.165, 1.54) is 12.1 Å². The maximum absolute atomic E-state index is 13.4. The Kier molecular flexibility index (Phi) is 5.33. The Morgan fingerprint density at radius 1 is 1.00 bits per heavy atom. The molecule has 0 atom stereocenters. The number of hydrogen-bond acceptors (Lipinski definition) is 3. The summed E-state index contributed by atoms with van der Waals surface area (Å²) in [4.78, 5) is 17.2. The van der Waals surface area contributed by atoms with Gasteiger partial charge in [0.05, 0.1) is 5.69 Å². The van der Waals surface area contributed by atoms with Gasteiger partial charge in [-0.25, -0.2) is 14.1 Å². The minimum Gasteiger partial charge on any atom is -0.319 e. The Balaban J connectivity index is 1.77. The molecule has 0 unspecified atom stereocenters. The molecule has 0 spiro atoms. The SMILES string of the molecule is Cc1ccc(-n2nc(C(=O)Nc3cccc(Cl)c3)nc2-c2ccc(F)cc2)cc1C. The van der Waals surface area contributed by atoms with Crippen LogP contribution in [0.25, 0.3) is 17.1 Å². The number of benzene rings is 3. The smallest absolute Gasteiger partial charge is 0.295 e. The monoisotopic (exact) mass is 420 g/mol. The van der Waals surface area contributed by atoms with E-state index in [2.05, 4.69) is 15.4 Å². The third kappa shape index (κ3) is 4.09. The summed E-state index contributed by atoms with van der Waals surface area (Å²) in [6.07, 6.45) is 0. The van der Waals surface area contributed by atoms with Gasteiger partial charge in [-0.15, -0.1) is 5.10 Å². The second-order valence-electron chi connectivity index (χ2n) is 6.91. The average Bonchev–Trinajstić information content (AvgIpc) is 3.16. The van der Waals surface area contributed by atoms with E-state index in [0.717, 1.165) is 16.8 Å². The molecule has 0 saturated heterocycles. The molecular formula is C23H18ClFN4O. The largest absolute Gasteiger partial charge is 0.319 e. The Hall–Kier alpha value is -3.51. The topological polar surface area (TPSA) is 59.8 Å². The van der Waals surface area contributed by atoms with E-state index >= 15 is 0 Å². The van der Waals surface area contributed by atoms with Gasteiger partial charge in [-0.3, -0.25) is 4.79 Å². The number of nitrogens with one attached hydrogen (secondary N) is 1. The molecule has 0 bridgehead atoms. The fourth-order valence-corrected chi connectivity index (χ4v) is 3.17. The quantitative estimate of drug-likeness (QED) is 0.467. The van der Waals surface area contributed by atoms with Crippen LogP contribution in [-0.4, -0.2) is 20.7 Å². The third-order valence-corrected chi connectivity index (χ3v) is 4.97. The minimum absolute atomic E-state index is 0.00692. The van der Waals surface area contributed by atoms with Crippen LogP contribution in [0.1, 0.15) is 21.7 Å². The van der Waals surface area contributed by atoms with Crippen LogP contribution in [0.4, 0.5) is 10.1 Å². The van der Waals surface area contributed by atoms with Crippen molar-refractivity contribution >= 4 is 23.2 Å². The number of anilines is 1. The first-order valence-corrected chi connectivity index (χ1v) is 9.66. The first-order valence-electron chi connectivity index (χ1n) is 9.28. The van der Waals surface area contributed by atoms with Crippen molar-refractivity contribution < 1.29 is 9.18 Å². The van der Waals surface area contributed by atoms with Crippen molar-refractivity contribution in [2.45, 2.75) is 13.8 Å². The van der Waals surface area contributed by atoms with Crippen molar-refractivity contribution in [3.63, 3.8) is 0 Å². The van der Waals surface area contributed by atoms with E-state index in [-0.39, 0.29) is 11.6 Å². The van der Waals surface area contributed by atoms with Crippen LogP contribution in [0, 0.1) is 19.7 Å². The predicted octanol–water partition coefficient (Wildman–Crippen LogP) is 5.60. The molecule has 1 aromatic heterocycles. The van der Waals surface area contributed by atoms with Gasteiger partial charge >= 0.3 is 0 Å². The van der Waals surface area contributed by atoms with Gasteiger partial charge in [-0.1, -0.05) is 23.7 Å². The van der Waals surface area contributed by atoms with Crippen molar-refractivity contribution in [3.05, 3.63) is 94.5 Å². The van der Waals surface area contributed by atoms with E-state index in [1.54, 1.807) is 41.1 Å². The van der Waals surface area contributed by atoms with Crippen LogP contribution < -0.4 is 5.32 Å². The Bertz CT molecular complexity index is 1230. The number of nitrogens with zero attached hydrogens (tertiary/aromatic N) is 3. The van der Waals surface area contributed by atoms with E-state index in [9.17, 15) is 9.18 Å². The summed E-state index contributed by atoms with van der Waals surface area (Å²) in [7, 11) is 0. The third-order valence-electron chi connectivity index (χ3n) is 4.73. The van der Waals surface area contributed by atoms with Crippen molar-refractivity contribution in [1.29, 1.82) is 0 Å². The number of rotatable bonds is 4. The molecule has 0 aliphatic heterocycles. The predicted molar refractivity (Wildman–Crippen MR) is 116 cm³/mol. The lowest BCUT2D eigenvalue weighted by atomic mass is 10.1. The van der Waals surface area contributed by atoms with E-state index in [4.69, 9.17) is 11.6 Å². The molecule has 5 nitrogen and oxygen atoms in total. The molecule has 0 saturated carbocycles.